The number of anilines is 1. The summed E-state index contributed by atoms with van der Waals surface area (Å²) in [6.07, 6.45) is 4.66. The summed E-state index contributed by atoms with van der Waals surface area (Å²) in [5.74, 6) is 0.594. The lowest BCUT2D eigenvalue weighted by atomic mass is 10.2. The highest BCUT2D eigenvalue weighted by atomic mass is 16.5. The lowest BCUT2D eigenvalue weighted by molar-refractivity contribution is 0.0741. The van der Waals surface area contributed by atoms with Crippen molar-refractivity contribution in [3.63, 3.8) is 0 Å². The third-order valence-corrected chi connectivity index (χ3v) is 4.59. The van der Waals surface area contributed by atoms with E-state index in [1.807, 2.05) is 24.8 Å². The van der Waals surface area contributed by atoms with Gasteiger partial charge in [-0.2, -0.15) is 0 Å². The minimum absolute atomic E-state index is 0.00770. The highest BCUT2D eigenvalue weighted by Gasteiger charge is 2.23. The highest BCUT2D eigenvalue weighted by molar-refractivity contribution is 5.92. The molecule has 1 fully saturated rings. The van der Waals surface area contributed by atoms with Crippen molar-refractivity contribution in [1.82, 2.24) is 24.8 Å². The number of ether oxygens (including phenoxy) is 1. The van der Waals surface area contributed by atoms with Gasteiger partial charge in [-0.25, -0.2) is 15.0 Å². The lowest BCUT2D eigenvalue weighted by Crippen LogP contribution is -2.48. The molecule has 1 aliphatic heterocycles. The predicted octanol–water partition coefficient (Wildman–Crippen LogP) is 2.10. The summed E-state index contributed by atoms with van der Waals surface area (Å²) in [7, 11) is 0. The number of aromatic nitrogens is 4. The monoisotopic (exact) mass is 366 g/mol. The summed E-state index contributed by atoms with van der Waals surface area (Å²) < 4.78 is 5.83. The van der Waals surface area contributed by atoms with Gasteiger partial charge in [-0.15, -0.1) is 0 Å². The number of piperazine rings is 1. The summed E-state index contributed by atoms with van der Waals surface area (Å²) >= 11 is 0. The van der Waals surface area contributed by atoms with Gasteiger partial charge in [-0.05, 0) is 32.0 Å². The Bertz CT molecular complexity index is 933. The van der Waals surface area contributed by atoms with Crippen LogP contribution in [0.1, 0.15) is 24.3 Å². The molecule has 0 aliphatic carbocycles. The number of carbonyl (C=O) groups excluding carboxylic acids is 1. The Morgan fingerprint density at radius 2 is 2.00 bits per heavy atom. The second-order valence-electron chi connectivity index (χ2n) is 6.79. The van der Waals surface area contributed by atoms with Gasteiger partial charge in [0.2, 0.25) is 5.88 Å². The number of carbonyl (C=O) groups is 1. The van der Waals surface area contributed by atoms with E-state index in [1.165, 1.54) is 12.7 Å². The topological polar surface area (TPSA) is 87.2 Å². The van der Waals surface area contributed by atoms with Crippen molar-refractivity contribution in [1.29, 1.82) is 0 Å². The van der Waals surface area contributed by atoms with Crippen LogP contribution in [0.25, 0.3) is 10.9 Å². The van der Waals surface area contributed by atoms with E-state index in [4.69, 9.17) is 4.74 Å². The minimum atomic E-state index is -0.00770. The second kappa shape index (κ2) is 7.22. The van der Waals surface area contributed by atoms with E-state index in [1.54, 1.807) is 6.20 Å². The summed E-state index contributed by atoms with van der Waals surface area (Å²) in [6.45, 7) is 6.81. The van der Waals surface area contributed by atoms with Crippen LogP contribution in [0.4, 0.5) is 5.69 Å². The first-order valence-electron chi connectivity index (χ1n) is 9.06. The lowest BCUT2D eigenvalue weighted by Gasteiger charge is -2.36. The van der Waals surface area contributed by atoms with Gasteiger partial charge in [0.25, 0.3) is 5.91 Å². The molecule has 0 unspecified atom stereocenters. The van der Waals surface area contributed by atoms with Crippen LogP contribution in [0.5, 0.6) is 5.88 Å². The molecular formula is C19H22N6O2. The predicted molar refractivity (Wildman–Crippen MR) is 102 cm³/mol. The van der Waals surface area contributed by atoms with Crippen molar-refractivity contribution in [2.45, 2.75) is 20.0 Å². The van der Waals surface area contributed by atoms with Gasteiger partial charge in [0, 0.05) is 31.9 Å². The zero-order chi connectivity index (χ0) is 18.8. The molecule has 0 radical (unpaired) electrons. The number of amides is 1. The molecule has 4 rings (SSSR count). The molecule has 0 atom stereocenters. The fourth-order valence-corrected chi connectivity index (χ4v) is 3.25. The first-order valence-corrected chi connectivity index (χ1v) is 9.06. The van der Waals surface area contributed by atoms with Gasteiger partial charge >= 0.3 is 0 Å². The van der Waals surface area contributed by atoms with Crippen LogP contribution in [-0.2, 0) is 0 Å². The van der Waals surface area contributed by atoms with E-state index in [-0.39, 0.29) is 12.0 Å². The number of aromatic amines is 1. The van der Waals surface area contributed by atoms with E-state index in [2.05, 4.69) is 37.0 Å². The molecule has 1 saturated heterocycles. The van der Waals surface area contributed by atoms with Crippen molar-refractivity contribution in [2.24, 2.45) is 0 Å². The van der Waals surface area contributed by atoms with Crippen LogP contribution in [0, 0.1) is 0 Å². The van der Waals surface area contributed by atoms with Crippen LogP contribution >= 0.6 is 0 Å². The quantitative estimate of drug-likeness (QED) is 0.761. The highest BCUT2D eigenvalue weighted by Crippen LogP contribution is 2.28. The summed E-state index contributed by atoms with van der Waals surface area (Å²) in [5.41, 5.74) is 2.47. The summed E-state index contributed by atoms with van der Waals surface area (Å²) in [4.78, 5) is 32.0. The zero-order valence-corrected chi connectivity index (χ0v) is 15.4. The molecule has 1 N–H and O–H groups in total. The normalized spacial score (nSPS) is 14.8. The molecular weight excluding hydrogens is 344 g/mol. The SMILES string of the molecule is CC(C)Oc1ncnc2ccc(N3CCN(C(=O)c4cnc[nH]4)CC3)cc12. The first-order chi connectivity index (χ1) is 13.1. The molecule has 0 spiro atoms. The van der Waals surface area contributed by atoms with Crippen molar-refractivity contribution in [3.05, 3.63) is 42.7 Å². The average Bonchev–Trinajstić information content (AvgIpc) is 3.22. The molecule has 0 saturated carbocycles. The van der Waals surface area contributed by atoms with Gasteiger partial charge < -0.3 is 19.5 Å². The first kappa shape index (κ1) is 17.3. The standard InChI is InChI=1S/C19H22N6O2/c1-13(2)27-18-15-9-14(3-4-16(15)22-12-23-18)24-5-7-25(8-6-24)19(26)17-10-20-11-21-17/h3-4,9-13H,5-8H2,1-2H3,(H,20,21). The minimum Gasteiger partial charge on any atom is -0.474 e. The number of nitrogens with zero attached hydrogens (tertiary/aromatic N) is 5. The van der Waals surface area contributed by atoms with Crippen molar-refractivity contribution in [3.8, 4) is 5.88 Å². The number of imidazole rings is 1. The molecule has 1 aromatic carbocycles. The van der Waals surface area contributed by atoms with Gasteiger partial charge in [0.1, 0.15) is 12.0 Å². The number of rotatable bonds is 4. The molecule has 2 aromatic heterocycles. The smallest absolute Gasteiger partial charge is 0.272 e. The third kappa shape index (κ3) is 3.55. The molecule has 140 valence electrons. The Balaban J connectivity index is 1.51. The van der Waals surface area contributed by atoms with E-state index in [0.29, 0.717) is 24.7 Å². The van der Waals surface area contributed by atoms with Gasteiger partial charge in [0.05, 0.1) is 29.5 Å². The van der Waals surface area contributed by atoms with Crippen molar-refractivity contribution < 1.29 is 9.53 Å². The Morgan fingerprint density at radius 1 is 1.19 bits per heavy atom. The number of hydrogen-bond acceptors (Lipinski definition) is 6. The van der Waals surface area contributed by atoms with Gasteiger partial charge in [-0.1, -0.05) is 0 Å². The van der Waals surface area contributed by atoms with Crippen molar-refractivity contribution >= 4 is 22.5 Å². The summed E-state index contributed by atoms with van der Waals surface area (Å²) in [6, 6.07) is 6.11. The van der Waals surface area contributed by atoms with Crippen LogP contribution < -0.4 is 9.64 Å². The van der Waals surface area contributed by atoms with Gasteiger partial charge in [-0.3, -0.25) is 4.79 Å². The maximum Gasteiger partial charge on any atom is 0.272 e. The van der Waals surface area contributed by atoms with E-state index < -0.39 is 0 Å². The molecule has 0 bridgehead atoms. The number of nitrogens with one attached hydrogen (secondary N) is 1. The molecule has 3 heterocycles. The molecule has 3 aromatic rings. The van der Waals surface area contributed by atoms with Crippen LogP contribution in [0.3, 0.4) is 0 Å². The number of H-pyrrole nitrogens is 1. The Hall–Kier alpha value is -3.16. The Labute approximate surface area is 157 Å². The Morgan fingerprint density at radius 3 is 2.70 bits per heavy atom. The molecule has 1 amide bonds. The molecule has 27 heavy (non-hydrogen) atoms. The number of benzene rings is 1. The largest absolute Gasteiger partial charge is 0.474 e. The number of fused-ring (bicyclic) bond motifs is 1. The second-order valence-corrected chi connectivity index (χ2v) is 6.79. The molecule has 1 aliphatic rings. The van der Waals surface area contributed by atoms with Crippen LogP contribution in [0.2, 0.25) is 0 Å². The third-order valence-electron chi connectivity index (χ3n) is 4.59. The number of hydrogen-bond donors (Lipinski definition) is 1. The maximum absolute atomic E-state index is 12.4. The fourth-order valence-electron chi connectivity index (χ4n) is 3.25. The fraction of sp³-hybridized carbons (Fsp3) is 0.368. The van der Waals surface area contributed by atoms with Crippen LogP contribution in [0.15, 0.2) is 37.1 Å². The van der Waals surface area contributed by atoms with Crippen molar-refractivity contribution in [2.75, 3.05) is 31.1 Å². The molecule has 8 nitrogen and oxygen atoms in total. The van der Waals surface area contributed by atoms with E-state index in [0.717, 1.165) is 29.7 Å². The molecule has 8 heteroatoms. The average molecular weight is 366 g/mol. The maximum atomic E-state index is 12.4. The van der Waals surface area contributed by atoms with Crippen LogP contribution in [-0.4, -0.2) is 63.0 Å². The summed E-state index contributed by atoms with van der Waals surface area (Å²) in [5, 5.41) is 0.902. The Kier molecular flexibility index (Phi) is 4.62. The van der Waals surface area contributed by atoms with Gasteiger partial charge in [0.15, 0.2) is 0 Å². The zero-order valence-electron chi connectivity index (χ0n) is 15.4. The van der Waals surface area contributed by atoms with E-state index >= 15 is 0 Å². The van der Waals surface area contributed by atoms with E-state index in [9.17, 15) is 4.79 Å².